The molecule has 0 spiro atoms. The average molecular weight is 368 g/mol. The van der Waals surface area contributed by atoms with E-state index in [4.69, 9.17) is 0 Å². The fourth-order valence-electron chi connectivity index (χ4n) is 1.96. The molecule has 3 rings (SSSR count). The third-order valence-corrected chi connectivity index (χ3v) is 5.21. The highest BCUT2D eigenvalue weighted by Crippen LogP contribution is 2.39. The van der Waals surface area contributed by atoms with E-state index in [9.17, 15) is 0 Å². The zero-order chi connectivity index (χ0) is 14.8. The molecule has 1 aliphatic carbocycles. The number of halogens is 1. The molecule has 1 aromatic heterocycles. The zero-order valence-electron chi connectivity index (χ0n) is 12.1. The van der Waals surface area contributed by atoms with E-state index in [1.807, 2.05) is 4.68 Å². The van der Waals surface area contributed by atoms with Gasteiger partial charge in [0.15, 0.2) is 0 Å². The summed E-state index contributed by atoms with van der Waals surface area (Å²) in [6.45, 7) is 5.18. The molecule has 0 aliphatic heterocycles. The smallest absolute Gasteiger partial charge is 0.214 e. The van der Waals surface area contributed by atoms with Crippen molar-refractivity contribution in [2.45, 2.75) is 55.4 Å². The molecule has 0 unspecified atom stereocenters. The molecule has 0 atom stereocenters. The first-order valence-corrected chi connectivity index (χ1v) is 8.72. The van der Waals surface area contributed by atoms with Crippen LogP contribution in [0.4, 0.5) is 0 Å². The number of aromatic nitrogens is 4. The van der Waals surface area contributed by atoms with Gasteiger partial charge in [-0.1, -0.05) is 19.9 Å². The molecule has 1 aliphatic rings. The van der Waals surface area contributed by atoms with Crippen LogP contribution in [0.15, 0.2) is 32.7 Å². The Morgan fingerprint density at radius 1 is 1.43 bits per heavy atom. The maximum absolute atomic E-state index is 4.13. The topological polar surface area (TPSA) is 55.6 Å². The third kappa shape index (κ3) is 3.84. The first-order valence-electron chi connectivity index (χ1n) is 7.11. The Morgan fingerprint density at radius 3 is 2.90 bits per heavy atom. The second kappa shape index (κ2) is 6.46. The molecule has 0 amide bonds. The van der Waals surface area contributed by atoms with E-state index in [0.29, 0.717) is 12.1 Å². The molecule has 1 heterocycles. The maximum atomic E-state index is 4.13. The van der Waals surface area contributed by atoms with E-state index in [0.717, 1.165) is 21.1 Å². The molecule has 7 heteroatoms. The number of benzene rings is 1. The molecule has 21 heavy (non-hydrogen) atoms. The number of nitrogens with zero attached hydrogens (tertiary/aromatic N) is 4. The SMILES string of the molecule is CC(C)NCc1ccc(Sc2nnnn2C2CC2)c(Br)c1. The van der Waals surface area contributed by atoms with Crippen LogP contribution in [0, 0.1) is 0 Å². The standard InChI is InChI=1S/C14H18BrN5S/c1-9(2)16-8-10-3-6-13(12(15)7-10)21-14-17-18-19-20(14)11-4-5-11/h3,6-7,9,11,16H,4-5,8H2,1-2H3. The quantitative estimate of drug-likeness (QED) is 0.847. The minimum atomic E-state index is 0.487. The third-order valence-electron chi connectivity index (χ3n) is 3.27. The summed E-state index contributed by atoms with van der Waals surface area (Å²) in [4.78, 5) is 1.14. The zero-order valence-corrected chi connectivity index (χ0v) is 14.5. The van der Waals surface area contributed by atoms with Gasteiger partial charge in [-0.25, -0.2) is 4.68 Å². The van der Waals surface area contributed by atoms with Crippen LogP contribution in [0.25, 0.3) is 0 Å². The van der Waals surface area contributed by atoms with Crippen molar-refractivity contribution in [3.05, 3.63) is 28.2 Å². The van der Waals surface area contributed by atoms with Gasteiger partial charge in [0.1, 0.15) is 0 Å². The summed E-state index contributed by atoms with van der Waals surface area (Å²) in [5.74, 6) is 0. The highest BCUT2D eigenvalue weighted by atomic mass is 79.9. The van der Waals surface area contributed by atoms with E-state index in [1.165, 1.54) is 18.4 Å². The minimum Gasteiger partial charge on any atom is -0.310 e. The lowest BCUT2D eigenvalue weighted by Crippen LogP contribution is -2.21. The molecule has 1 aromatic carbocycles. The van der Waals surface area contributed by atoms with E-state index < -0.39 is 0 Å². The summed E-state index contributed by atoms with van der Waals surface area (Å²) in [5.41, 5.74) is 1.27. The van der Waals surface area contributed by atoms with Gasteiger partial charge in [0, 0.05) is 22.0 Å². The first-order chi connectivity index (χ1) is 10.1. The molecule has 1 saturated carbocycles. The summed E-state index contributed by atoms with van der Waals surface area (Å²) >= 11 is 5.26. The summed E-state index contributed by atoms with van der Waals surface area (Å²) in [6.07, 6.45) is 2.36. The average Bonchev–Trinajstić information content (AvgIpc) is 3.19. The number of nitrogens with one attached hydrogen (secondary N) is 1. The van der Waals surface area contributed by atoms with Crippen molar-refractivity contribution in [1.82, 2.24) is 25.5 Å². The molecule has 0 saturated heterocycles. The van der Waals surface area contributed by atoms with Crippen LogP contribution in [-0.2, 0) is 6.54 Å². The molecule has 1 fully saturated rings. The Morgan fingerprint density at radius 2 is 2.24 bits per heavy atom. The Hall–Kier alpha value is -0.920. The highest BCUT2D eigenvalue weighted by molar-refractivity contribution is 9.10. The van der Waals surface area contributed by atoms with E-state index in [-0.39, 0.29) is 0 Å². The van der Waals surface area contributed by atoms with Crippen LogP contribution >= 0.6 is 27.7 Å². The van der Waals surface area contributed by atoms with Gasteiger partial charge < -0.3 is 5.32 Å². The predicted octanol–water partition coefficient (Wildman–Crippen LogP) is 3.42. The van der Waals surface area contributed by atoms with Gasteiger partial charge in [-0.15, -0.1) is 5.10 Å². The minimum absolute atomic E-state index is 0.487. The second-order valence-corrected chi connectivity index (χ2v) is 7.40. The molecular weight excluding hydrogens is 350 g/mol. The van der Waals surface area contributed by atoms with Gasteiger partial charge in [-0.05, 0) is 68.7 Å². The first kappa shape index (κ1) is 15.0. The van der Waals surface area contributed by atoms with Crippen LogP contribution in [0.3, 0.4) is 0 Å². The molecule has 5 nitrogen and oxygen atoms in total. The fraction of sp³-hybridized carbons (Fsp3) is 0.500. The van der Waals surface area contributed by atoms with Crippen molar-refractivity contribution in [2.75, 3.05) is 0 Å². The Bertz CT molecular complexity index is 624. The number of rotatable bonds is 6. The fourth-order valence-corrected chi connectivity index (χ4v) is 3.47. The number of hydrogen-bond acceptors (Lipinski definition) is 5. The van der Waals surface area contributed by atoms with Crippen LogP contribution in [0.1, 0.15) is 38.3 Å². The van der Waals surface area contributed by atoms with Gasteiger partial charge in [0.05, 0.1) is 6.04 Å². The van der Waals surface area contributed by atoms with Gasteiger partial charge in [0.2, 0.25) is 5.16 Å². The molecule has 1 N–H and O–H groups in total. The molecule has 0 bridgehead atoms. The lowest BCUT2D eigenvalue weighted by atomic mass is 10.2. The molecular formula is C14H18BrN5S. The van der Waals surface area contributed by atoms with Crippen LogP contribution in [-0.4, -0.2) is 26.2 Å². The Kier molecular flexibility index (Phi) is 4.61. The van der Waals surface area contributed by atoms with Gasteiger partial charge >= 0.3 is 0 Å². The maximum Gasteiger partial charge on any atom is 0.214 e. The summed E-state index contributed by atoms with van der Waals surface area (Å²) in [7, 11) is 0. The number of hydrogen-bond donors (Lipinski definition) is 1. The van der Waals surface area contributed by atoms with E-state index in [1.54, 1.807) is 11.8 Å². The lowest BCUT2D eigenvalue weighted by Gasteiger charge is -2.10. The second-order valence-electron chi connectivity index (χ2n) is 5.54. The number of tetrazole rings is 1. The summed E-state index contributed by atoms with van der Waals surface area (Å²) < 4.78 is 3.02. The van der Waals surface area contributed by atoms with Crippen LogP contribution < -0.4 is 5.32 Å². The van der Waals surface area contributed by atoms with Gasteiger partial charge in [0.25, 0.3) is 0 Å². The van der Waals surface area contributed by atoms with Crippen molar-refractivity contribution in [3.8, 4) is 0 Å². The molecule has 0 radical (unpaired) electrons. The van der Waals surface area contributed by atoms with Crippen LogP contribution in [0.2, 0.25) is 0 Å². The highest BCUT2D eigenvalue weighted by Gasteiger charge is 2.28. The van der Waals surface area contributed by atoms with Gasteiger partial charge in [-0.3, -0.25) is 0 Å². The van der Waals surface area contributed by atoms with Crippen molar-refractivity contribution in [3.63, 3.8) is 0 Å². The molecule has 112 valence electrons. The predicted molar refractivity (Wildman–Crippen MR) is 86.3 cm³/mol. The van der Waals surface area contributed by atoms with Gasteiger partial charge in [-0.2, -0.15) is 0 Å². The van der Waals surface area contributed by atoms with Crippen molar-refractivity contribution < 1.29 is 0 Å². The van der Waals surface area contributed by atoms with E-state index >= 15 is 0 Å². The monoisotopic (exact) mass is 367 g/mol. The van der Waals surface area contributed by atoms with Crippen molar-refractivity contribution in [2.24, 2.45) is 0 Å². The van der Waals surface area contributed by atoms with Crippen LogP contribution in [0.5, 0.6) is 0 Å². The normalized spacial score (nSPS) is 14.9. The summed E-state index contributed by atoms with van der Waals surface area (Å²) in [6, 6.07) is 7.41. The Balaban J connectivity index is 1.72. The van der Waals surface area contributed by atoms with Crippen molar-refractivity contribution >= 4 is 27.7 Å². The molecule has 2 aromatic rings. The van der Waals surface area contributed by atoms with Crippen molar-refractivity contribution in [1.29, 1.82) is 0 Å². The van der Waals surface area contributed by atoms with E-state index in [2.05, 4.69) is 68.8 Å². The lowest BCUT2D eigenvalue weighted by molar-refractivity contribution is 0.565. The Labute approximate surface area is 137 Å². The summed E-state index contributed by atoms with van der Waals surface area (Å²) in [5, 5.41) is 16.3. The largest absolute Gasteiger partial charge is 0.310 e.